The third-order valence-electron chi connectivity index (χ3n) is 6.06. The highest BCUT2D eigenvalue weighted by Gasteiger charge is 2.17. The number of hydrogen-bond acceptors (Lipinski definition) is 5. The zero-order chi connectivity index (χ0) is 32.9. The molecule has 0 heterocycles. The lowest BCUT2D eigenvalue weighted by molar-refractivity contribution is 0.381. The highest BCUT2D eigenvalue weighted by molar-refractivity contribution is 9.11. The molecule has 5 nitrogen and oxygen atoms in total. The average Bonchev–Trinajstić information content (AvgIpc) is 3.05. The summed E-state index contributed by atoms with van der Waals surface area (Å²) in [6.45, 7) is 0. The fourth-order valence-electron chi connectivity index (χ4n) is 3.97. The SMILES string of the molecule is COc1ccccc1-c1cc(F)c(-c2ccccc2OC)cc1F.COc1ccccc1O[B]O.Fc1cc(Br)c(F)cc1Br. The van der Waals surface area contributed by atoms with Crippen LogP contribution in [0.15, 0.2) is 106 Å². The van der Waals surface area contributed by atoms with E-state index in [-0.39, 0.29) is 20.1 Å². The molecule has 0 aromatic heterocycles. The Morgan fingerprint density at radius 3 is 1.22 bits per heavy atom. The fraction of sp³-hybridized carbons (Fsp3) is 0.0909. The van der Waals surface area contributed by atoms with Crippen LogP contribution in [0.2, 0.25) is 0 Å². The second-order valence-electron chi connectivity index (χ2n) is 8.77. The normalized spacial score (nSPS) is 10.0. The maximum atomic E-state index is 14.7. The standard InChI is InChI=1S/C20H16F2O2.C7H8BO3.C6H2Br2F2/c1-23-19-9-5-3-7-13(19)15-11-18(22)16(12-17(15)21)14-8-4-6-10-20(14)24-2;1-10-6-4-2-3-5-7(6)11-8-9;7-3-1-5(9)4(8)2-6(3)10/h3-12H,1-2H3;2-5,9H,1H3;1-2H. The third kappa shape index (κ3) is 9.50. The van der Waals surface area contributed by atoms with E-state index in [1.165, 1.54) is 26.4 Å². The van der Waals surface area contributed by atoms with E-state index < -0.39 is 23.3 Å². The van der Waals surface area contributed by atoms with Gasteiger partial charge in [0, 0.05) is 22.3 Å². The number of ether oxygens (including phenoxy) is 3. The minimum Gasteiger partial charge on any atom is -0.535 e. The number of para-hydroxylation sites is 4. The summed E-state index contributed by atoms with van der Waals surface area (Å²) >= 11 is 5.69. The summed E-state index contributed by atoms with van der Waals surface area (Å²) in [5.74, 6) is 0.0575. The second kappa shape index (κ2) is 17.5. The van der Waals surface area contributed by atoms with Crippen molar-refractivity contribution >= 4 is 39.5 Å². The molecule has 0 aliphatic carbocycles. The van der Waals surface area contributed by atoms with Gasteiger partial charge in [0.1, 0.15) is 40.5 Å². The second-order valence-corrected chi connectivity index (χ2v) is 10.5. The molecule has 5 aromatic rings. The van der Waals surface area contributed by atoms with Gasteiger partial charge in [0.25, 0.3) is 0 Å². The molecule has 0 unspecified atom stereocenters. The van der Waals surface area contributed by atoms with Crippen LogP contribution in [0.4, 0.5) is 17.6 Å². The first-order valence-electron chi connectivity index (χ1n) is 13.0. The Morgan fingerprint density at radius 2 is 0.844 bits per heavy atom. The molecule has 1 N–H and O–H groups in total. The summed E-state index contributed by atoms with van der Waals surface area (Å²) in [4.78, 5) is 0. The van der Waals surface area contributed by atoms with Crippen LogP contribution in [0.5, 0.6) is 23.0 Å². The van der Waals surface area contributed by atoms with Gasteiger partial charge in [-0.25, -0.2) is 17.6 Å². The van der Waals surface area contributed by atoms with Crippen LogP contribution in [0.25, 0.3) is 22.3 Å². The maximum Gasteiger partial charge on any atom is 0.569 e. The van der Waals surface area contributed by atoms with Crippen LogP contribution in [0.1, 0.15) is 0 Å². The molecule has 0 aliphatic heterocycles. The van der Waals surface area contributed by atoms with Crippen LogP contribution in [0.3, 0.4) is 0 Å². The van der Waals surface area contributed by atoms with Crippen molar-refractivity contribution in [2.45, 2.75) is 0 Å². The molecular formula is C33H26BBr2F4O5. The zero-order valence-corrected chi connectivity index (χ0v) is 27.3. The van der Waals surface area contributed by atoms with Crippen LogP contribution in [-0.2, 0) is 0 Å². The topological polar surface area (TPSA) is 57.2 Å². The molecule has 0 fully saturated rings. The minimum atomic E-state index is -0.526. The van der Waals surface area contributed by atoms with Crippen molar-refractivity contribution in [2.24, 2.45) is 0 Å². The Balaban J connectivity index is 0.000000217. The van der Waals surface area contributed by atoms with Crippen molar-refractivity contribution in [1.82, 2.24) is 0 Å². The molecule has 0 bridgehead atoms. The molecule has 0 amide bonds. The lowest BCUT2D eigenvalue weighted by atomic mass is 9.98. The first-order valence-corrected chi connectivity index (χ1v) is 14.5. The Hall–Kier alpha value is -4.00. The molecule has 0 aliphatic rings. The summed E-state index contributed by atoms with van der Waals surface area (Å²) < 4.78 is 74.8. The van der Waals surface area contributed by atoms with Crippen LogP contribution < -0.4 is 18.9 Å². The van der Waals surface area contributed by atoms with Crippen molar-refractivity contribution in [3.8, 4) is 45.3 Å². The van der Waals surface area contributed by atoms with Gasteiger partial charge in [0.2, 0.25) is 0 Å². The monoisotopic (exact) mass is 747 g/mol. The quantitative estimate of drug-likeness (QED) is 0.102. The van der Waals surface area contributed by atoms with Gasteiger partial charge in [-0.1, -0.05) is 48.5 Å². The van der Waals surface area contributed by atoms with E-state index in [0.717, 1.165) is 12.1 Å². The Labute approximate surface area is 275 Å². The van der Waals surface area contributed by atoms with Gasteiger partial charge in [-0.15, -0.1) is 0 Å². The van der Waals surface area contributed by atoms with E-state index >= 15 is 0 Å². The first kappa shape index (κ1) is 35.5. The van der Waals surface area contributed by atoms with Crippen LogP contribution in [-0.4, -0.2) is 34.0 Å². The van der Waals surface area contributed by atoms with E-state index in [9.17, 15) is 17.6 Å². The van der Waals surface area contributed by atoms with Gasteiger partial charge in [-0.2, -0.15) is 0 Å². The van der Waals surface area contributed by atoms with Crippen molar-refractivity contribution in [1.29, 1.82) is 0 Å². The summed E-state index contributed by atoms with van der Waals surface area (Å²) in [5.41, 5.74) is 1.32. The molecule has 12 heteroatoms. The Kier molecular flexibility index (Phi) is 13.8. The molecule has 1 radical (unpaired) electrons. The maximum absolute atomic E-state index is 14.7. The van der Waals surface area contributed by atoms with Gasteiger partial charge in [0.15, 0.2) is 5.75 Å². The lowest BCUT2D eigenvalue weighted by Gasteiger charge is -2.13. The van der Waals surface area contributed by atoms with Gasteiger partial charge in [0.05, 0.1) is 30.3 Å². The fourth-order valence-corrected chi connectivity index (χ4v) is 4.60. The average molecular weight is 749 g/mol. The highest BCUT2D eigenvalue weighted by Crippen LogP contribution is 2.37. The molecule has 5 aromatic carbocycles. The first-order chi connectivity index (χ1) is 21.6. The Morgan fingerprint density at radius 1 is 0.489 bits per heavy atom. The van der Waals surface area contributed by atoms with E-state index in [0.29, 0.717) is 41.8 Å². The summed E-state index contributed by atoms with van der Waals surface area (Å²) in [6.07, 6.45) is 0. The van der Waals surface area contributed by atoms with Gasteiger partial charge < -0.3 is 23.9 Å². The molecule has 0 saturated carbocycles. The Bertz CT molecular complexity index is 1600. The largest absolute Gasteiger partial charge is 0.569 e. The molecule has 0 saturated heterocycles. The summed E-state index contributed by atoms with van der Waals surface area (Å²) in [5, 5.41) is 8.34. The number of hydrogen-bond donors (Lipinski definition) is 1. The van der Waals surface area contributed by atoms with Crippen LogP contribution in [0, 0.1) is 23.3 Å². The van der Waals surface area contributed by atoms with Gasteiger partial charge in [-0.3, -0.25) is 0 Å². The number of rotatable bonds is 7. The van der Waals surface area contributed by atoms with Crippen molar-refractivity contribution in [2.75, 3.05) is 21.3 Å². The molecule has 5 rings (SSSR count). The highest BCUT2D eigenvalue weighted by atomic mass is 79.9. The van der Waals surface area contributed by atoms with Gasteiger partial charge in [-0.05, 0) is 80.4 Å². The van der Waals surface area contributed by atoms with E-state index in [1.807, 2.05) is 6.07 Å². The number of halogens is 6. The molecular weight excluding hydrogens is 723 g/mol. The lowest BCUT2D eigenvalue weighted by Crippen LogP contribution is -2.01. The van der Waals surface area contributed by atoms with E-state index in [2.05, 4.69) is 31.9 Å². The van der Waals surface area contributed by atoms with Crippen molar-refractivity contribution in [3.63, 3.8) is 0 Å². The molecule has 45 heavy (non-hydrogen) atoms. The van der Waals surface area contributed by atoms with Crippen LogP contribution >= 0.6 is 31.9 Å². The smallest absolute Gasteiger partial charge is 0.535 e. The third-order valence-corrected chi connectivity index (χ3v) is 7.28. The number of benzene rings is 5. The predicted octanol–water partition coefficient (Wildman–Crippen LogP) is 9.41. The van der Waals surface area contributed by atoms with E-state index in [4.69, 9.17) is 23.9 Å². The molecule has 0 atom stereocenters. The molecule has 0 spiro atoms. The van der Waals surface area contributed by atoms with Crippen molar-refractivity contribution < 1.29 is 41.5 Å². The minimum absolute atomic E-state index is 0.133. The van der Waals surface area contributed by atoms with E-state index in [1.54, 1.807) is 73.8 Å². The summed E-state index contributed by atoms with van der Waals surface area (Å²) in [6, 6.07) is 25.4. The molecule has 233 valence electrons. The summed E-state index contributed by atoms with van der Waals surface area (Å²) in [7, 11) is 5.16. The number of methoxy groups -OCH3 is 3. The zero-order valence-electron chi connectivity index (χ0n) is 24.2. The van der Waals surface area contributed by atoms with Crippen molar-refractivity contribution in [3.05, 3.63) is 129 Å². The van der Waals surface area contributed by atoms with Gasteiger partial charge >= 0.3 is 7.69 Å². The predicted molar refractivity (Wildman–Crippen MR) is 174 cm³/mol.